The summed E-state index contributed by atoms with van der Waals surface area (Å²) in [5, 5.41) is 21.8. The number of allylic oxidation sites excluding steroid dienone is 3. The zero-order chi connectivity index (χ0) is 13.1. The molecule has 1 unspecified atom stereocenters. The minimum absolute atomic E-state index is 0.0673. The topological polar surface area (TPSA) is 59.6 Å². The van der Waals surface area contributed by atoms with Crippen molar-refractivity contribution in [2.45, 2.75) is 19.9 Å². The number of hydrogen-bond acceptors (Lipinski definition) is 3. The average molecular weight is 235 g/mol. The van der Waals surface area contributed by atoms with Gasteiger partial charge in [-0.3, -0.25) is 0 Å². The molecule has 1 N–H and O–H groups in total. The van der Waals surface area contributed by atoms with Crippen molar-refractivity contribution in [3.8, 4) is 12.1 Å². The van der Waals surface area contributed by atoms with E-state index in [1.54, 1.807) is 0 Å². The first-order chi connectivity index (χ1) is 8.69. The van der Waals surface area contributed by atoms with Gasteiger partial charge in [-0.05, 0) is 19.4 Å². The maximum Gasteiger partial charge on any atom is 0.102 e. The largest absolute Gasteiger partial charge is 0.380 e. The SMILES string of the molecule is CC1=C(C#N)C(c2ccccc2)=C(C#N)C(C)N1. The van der Waals surface area contributed by atoms with Crippen LogP contribution in [-0.2, 0) is 0 Å². The number of nitrogens with zero attached hydrogens (tertiary/aromatic N) is 2. The Morgan fingerprint density at radius 3 is 2.33 bits per heavy atom. The number of rotatable bonds is 1. The van der Waals surface area contributed by atoms with E-state index in [1.165, 1.54) is 0 Å². The molecule has 18 heavy (non-hydrogen) atoms. The number of benzene rings is 1. The first-order valence-corrected chi connectivity index (χ1v) is 5.76. The number of hydrogen-bond donors (Lipinski definition) is 1. The van der Waals surface area contributed by atoms with Gasteiger partial charge in [0.2, 0.25) is 0 Å². The van der Waals surface area contributed by atoms with E-state index >= 15 is 0 Å². The van der Waals surface area contributed by atoms with Gasteiger partial charge in [-0.25, -0.2) is 0 Å². The van der Waals surface area contributed by atoms with Crippen molar-refractivity contribution < 1.29 is 0 Å². The average Bonchev–Trinajstić information content (AvgIpc) is 2.39. The predicted molar refractivity (Wildman–Crippen MR) is 69.9 cm³/mol. The molecule has 0 amide bonds. The molecule has 0 saturated carbocycles. The molecule has 1 aromatic carbocycles. The van der Waals surface area contributed by atoms with E-state index in [0.717, 1.165) is 16.8 Å². The Morgan fingerprint density at radius 1 is 1.11 bits per heavy atom. The molecule has 2 rings (SSSR count). The Kier molecular flexibility index (Phi) is 3.17. The molecule has 1 aliphatic heterocycles. The van der Waals surface area contributed by atoms with E-state index in [2.05, 4.69) is 17.5 Å². The lowest BCUT2D eigenvalue weighted by Crippen LogP contribution is -2.31. The van der Waals surface area contributed by atoms with Crippen molar-refractivity contribution in [3.63, 3.8) is 0 Å². The van der Waals surface area contributed by atoms with Gasteiger partial charge in [-0.1, -0.05) is 30.3 Å². The highest BCUT2D eigenvalue weighted by atomic mass is 14.9. The summed E-state index contributed by atoms with van der Waals surface area (Å²) in [6, 6.07) is 13.9. The minimum Gasteiger partial charge on any atom is -0.380 e. The van der Waals surface area contributed by atoms with Gasteiger partial charge in [0.1, 0.15) is 6.07 Å². The van der Waals surface area contributed by atoms with Gasteiger partial charge in [-0.2, -0.15) is 10.5 Å². The lowest BCUT2D eigenvalue weighted by Gasteiger charge is -2.25. The monoisotopic (exact) mass is 235 g/mol. The molecular weight excluding hydrogens is 222 g/mol. The van der Waals surface area contributed by atoms with Crippen LogP contribution in [0.4, 0.5) is 0 Å². The second-order valence-electron chi connectivity index (χ2n) is 4.24. The van der Waals surface area contributed by atoms with Crippen LogP contribution in [0.5, 0.6) is 0 Å². The first kappa shape index (κ1) is 12.0. The molecule has 1 aliphatic rings. The molecule has 0 fully saturated rings. The van der Waals surface area contributed by atoms with Crippen LogP contribution in [0.3, 0.4) is 0 Å². The first-order valence-electron chi connectivity index (χ1n) is 5.76. The Labute approximate surface area is 107 Å². The van der Waals surface area contributed by atoms with Crippen LogP contribution in [-0.4, -0.2) is 6.04 Å². The smallest absolute Gasteiger partial charge is 0.102 e. The van der Waals surface area contributed by atoms with E-state index in [0.29, 0.717) is 11.1 Å². The molecule has 3 nitrogen and oxygen atoms in total. The van der Waals surface area contributed by atoms with Crippen LogP contribution in [0.25, 0.3) is 5.57 Å². The molecule has 0 spiro atoms. The molecule has 0 saturated heterocycles. The van der Waals surface area contributed by atoms with Crippen molar-refractivity contribution in [2.75, 3.05) is 0 Å². The molecule has 3 heteroatoms. The van der Waals surface area contributed by atoms with Gasteiger partial charge >= 0.3 is 0 Å². The van der Waals surface area contributed by atoms with Gasteiger partial charge < -0.3 is 5.32 Å². The summed E-state index contributed by atoms with van der Waals surface area (Å²) in [5.41, 5.74) is 3.66. The molecule has 88 valence electrons. The Bertz CT molecular complexity index is 609. The summed E-state index contributed by atoms with van der Waals surface area (Å²) in [6.45, 7) is 3.80. The lowest BCUT2D eigenvalue weighted by molar-refractivity contribution is 0.696. The van der Waals surface area contributed by atoms with E-state index in [1.807, 2.05) is 44.2 Å². The van der Waals surface area contributed by atoms with E-state index < -0.39 is 0 Å². The molecule has 1 aromatic rings. The third-order valence-electron chi connectivity index (χ3n) is 3.06. The van der Waals surface area contributed by atoms with E-state index in [4.69, 9.17) is 0 Å². The maximum atomic E-state index is 9.31. The summed E-state index contributed by atoms with van der Waals surface area (Å²) >= 11 is 0. The molecular formula is C15H13N3. The van der Waals surface area contributed by atoms with Crippen LogP contribution in [0.2, 0.25) is 0 Å². The van der Waals surface area contributed by atoms with Gasteiger partial charge in [0, 0.05) is 11.3 Å². The van der Waals surface area contributed by atoms with Crippen molar-refractivity contribution in [3.05, 3.63) is 52.7 Å². The van der Waals surface area contributed by atoms with Crippen LogP contribution in [0.15, 0.2) is 47.2 Å². The van der Waals surface area contributed by atoms with Crippen LogP contribution < -0.4 is 5.32 Å². The third-order valence-corrected chi connectivity index (χ3v) is 3.06. The van der Waals surface area contributed by atoms with Crippen molar-refractivity contribution in [1.82, 2.24) is 5.32 Å². The molecule has 1 atom stereocenters. The Balaban J connectivity index is 2.72. The maximum absolute atomic E-state index is 9.31. The van der Waals surface area contributed by atoms with Crippen LogP contribution in [0.1, 0.15) is 19.4 Å². The van der Waals surface area contributed by atoms with E-state index in [9.17, 15) is 10.5 Å². The third kappa shape index (κ3) is 1.87. The number of dihydropyridines is 1. The van der Waals surface area contributed by atoms with Crippen LogP contribution >= 0.6 is 0 Å². The van der Waals surface area contributed by atoms with E-state index in [-0.39, 0.29) is 6.04 Å². The fraction of sp³-hybridized carbons (Fsp3) is 0.200. The zero-order valence-corrected chi connectivity index (χ0v) is 10.4. The highest BCUT2D eigenvalue weighted by Gasteiger charge is 2.25. The number of nitrogens with one attached hydrogen (secondary N) is 1. The summed E-state index contributed by atoms with van der Waals surface area (Å²) in [6.07, 6.45) is 0. The molecule has 1 heterocycles. The van der Waals surface area contributed by atoms with Gasteiger partial charge in [0.25, 0.3) is 0 Å². The Morgan fingerprint density at radius 2 is 1.78 bits per heavy atom. The second-order valence-corrected chi connectivity index (χ2v) is 4.24. The quantitative estimate of drug-likeness (QED) is 0.814. The normalized spacial score (nSPS) is 19.0. The van der Waals surface area contributed by atoms with Crippen molar-refractivity contribution in [2.24, 2.45) is 0 Å². The highest BCUT2D eigenvalue weighted by molar-refractivity contribution is 5.89. The van der Waals surface area contributed by atoms with Gasteiger partial charge in [0.15, 0.2) is 0 Å². The summed E-state index contributed by atoms with van der Waals surface area (Å²) in [5.74, 6) is 0. The lowest BCUT2D eigenvalue weighted by atomic mass is 9.87. The Hall–Kier alpha value is -2.52. The van der Waals surface area contributed by atoms with Crippen molar-refractivity contribution in [1.29, 1.82) is 10.5 Å². The molecule has 0 aliphatic carbocycles. The highest BCUT2D eigenvalue weighted by Crippen LogP contribution is 2.32. The summed E-state index contributed by atoms with van der Waals surface area (Å²) in [4.78, 5) is 0. The summed E-state index contributed by atoms with van der Waals surface area (Å²) < 4.78 is 0. The van der Waals surface area contributed by atoms with Gasteiger partial charge in [-0.15, -0.1) is 0 Å². The molecule has 0 aromatic heterocycles. The molecule has 0 bridgehead atoms. The number of nitriles is 2. The minimum atomic E-state index is -0.0673. The molecule has 0 radical (unpaired) electrons. The fourth-order valence-electron chi connectivity index (χ4n) is 2.20. The second kappa shape index (κ2) is 4.77. The summed E-state index contributed by atoms with van der Waals surface area (Å²) in [7, 11) is 0. The predicted octanol–water partition coefficient (Wildman–Crippen LogP) is 2.75. The fourth-order valence-corrected chi connectivity index (χ4v) is 2.20. The van der Waals surface area contributed by atoms with Crippen LogP contribution in [0, 0.1) is 22.7 Å². The van der Waals surface area contributed by atoms with Gasteiger partial charge in [0.05, 0.1) is 23.3 Å². The van der Waals surface area contributed by atoms with Crippen molar-refractivity contribution >= 4 is 5.57 Å². The standard InChI is InChI=1S/C15H13N3/c1-10-13(8-16)15(12-6-4-3-5-7-12)14(9-17)11(2)18-10/h3-7,10,18H,1-2H3. The zero-order valence-electron chi connectivity index (χ0n) is 10.4.